The van der Waals surface area contributed by atoms with Crippen LogP contribution in [0.3, 0.4) is 0 Å². The summed E-state index contributed by atoms with van der Waals surface area (Å²) in [5.74, 6) is -5.48. The van der Waals surface area contributed by atoms with Crippen molar-refractivity contribution < 1.29 is 47.6 Å². The van der Waals surface area contributed by atoms with Gasteiger partial charge in [-0.15, -0.1) is 0 Å². The van der Waals surface area contributed by atoms with E-state index in [0.717, 1.165) is 11.0 Å². The third kappa shape index (κ3) is 6.13. The smallest absolute Gasteiger partial charge is 0.668 e. The summed E-state index contributed by atoms with van der Waals surface area (Å²) in [6.45, 7) is 4.17. The van der Waals surface area contributed by atoms with Crippen molar-refractivity contribution in [2.24, 2.45) is 5.92 Å². The molecular weight excluding hydrogens is 638 g/mol. The van der Waals surface area contributed by atoms with Crippen LogP contribution in [0.15, 0.2) is 36.4 Å². The van der Waals surface area contributed by atoms with Gasteiger partial charge in [-0.3, -0.25) is 4.79 Å². The first-order valence-electron chi connectivity index (χ1n) is 10.0. The van der Waals surface area contributed by atoms with Crippen molar-refractivity contribution in [2.45, 2.75) is 44.2 Å². The number of benzene rings is 2. The quantitative estimate of drug-likeness (QED) is 0.314. The number of hydrogen-bond acceptors (Lipinski definition) is 1. The van der Waals surface area contributed by atoms with Crippen LogP contribution in [0, 0.1) is 24.5 Å². The second-order valence-corrected chi connectivity index (χ2v) is 8.09. The molecule has 1 amide bonds. The first-order valence-corrected chi connectivity index (χ1v) is 10.4. The Bertz CT molecular complexity index is 975. The number of carbonyl (C=O) groups excluding carboxylic acids is 1. The summed E-state index contributed by atoms with van der Waals surface area (Å²) in [6, 6.07) is 5.04. The number of halogens is 5. The minimum atomic E-state index is -3.36. The van der Waals surface area contributed by atoms with Crippen LogP contribution in [-0.2, 0) is 31.0 Å². The predicted octanol–water partition coefficient (Wildman–Crippen LogP) is 5.52. The monoisotopic (exact) mass is 664 g/mol. The predicted molar refractivity (Wildman–Crippen MR) is 116 cm³/mol. The summed E-state index contributed by atoms with van der Waals surface area (Å²) in [7, 11) is 0. The molecule has 0 spiro atoms. The summed E-state index contributed by atoms with van der Waals surface area (Å²) in [4.78, 5) is 13.5. The van der Waals surface area contributed by atoms with Crippen LogP contribution < -0.4 is 0 Å². The van der Waals surface area contributed by atoms with E-state index in [9.17, 15) is 18.0 Å². The van der Waals surface area contributed by atoms with Crippen LogP contribution in [0.25, 0.3) is 16.9 Å². The summed E-state index contributed by atoms with van der Waals surface area (Å²) in [5.41, 5.74) is 7.90. The van der Waals surface area contributed by atoms with E-state index >= 15 is 4.39 Å². The number of amides is 1. The van der Waals surface area contributed by atoms with E-state index in [1.54, 1.807) is 6.92 Å². The van der Waals surface area contributed by atoms with Crippen LogP contribution in [0.5, 0.6) is 0 Å². The molecule has 0 bridgehead atoms. The van der Waals surface area contributed by atoms with Crippen molar-refractivity contribution >= 4 is 17.5 Å². The summed E-state index contributed by atoms with van der Waals surface area (Å²) < 4.78 is 57.7. The molecule has 2 aromatic rings. The van der Waals surface area contributed by atoms with Gasteiger partial charge in [0.1, 0.15) is 11.6 Å². The van der Waals surface area contributed by atoms with Crippen LogP contribution >= 0.6 is 11.6 Å². The number of rotatable bonds is 4. The zero-order chi connectivity index (χ0) is 22.9. The van der Waals surface area contributed by atoms with Crippen molar-refractivity contribution in [3.63, 3.8) is 0 Å². The molecule has 4 nitrogen and oxygen atoms in total. The average molecular weight is 663 g/mol. The van der Waals surface area contributed by atoms with Crippen LogP contribution in [-0.4, -0.2) is 40.8 Å². The van der Waals surface area contributed by atoms with Gasteiger partial charge in [0.25, 0.3) is 5.92 Å². The molecule has 0 radical (unpaired) electrons. The molecule has 0 unspecified atom stereocenters. The third-order valence-electron chi connectivity index (χ3n) is 5.56. The fourth-order valence-corrected chi connectivity index (χ4v) is 3.99. The van der Waals surface area contributed by atoms with E-state index in [2.05, 4.69) is 6.92 Å². The molecule has 2 aromatic carbocycles. The maximum Gasteiger partial charge on any atom is 4.00 e. The van der Waals surface area contributed by atoms with Crippen molar-refractivity contribution in [3.05, 3.63) is 71.3 Å². The molecule has 2 aliphatic rings. The molecule has 4 rings (SSSR count). The maximum absolute atomic E-state index is 15.2. The van der Waals surface area contributed by atoms with Gasteiger partial charge in [0, 0.05) is 28.1 Å². The van der Waals surface area contributed by atoms with Gasteiger partial charge in [-0.2, -0.15) is 6.92 Å². The number of carbonyl (C=O) groups is 1. The van der Waals surface area contributed by atoms with Crippen LogP contribution in [0.4, 0.5) is 17.6 Å². The van der Waals surface area contributed by atoms with Crippen molar-refractivity contribution in [3.8, 4) is 11.1 Å². The van der Waals surface area contributed by atoms with Gasteiger partial charge in [-0.05, 0) is 49.1 Å². The number of alkyl halides is 2. The van der Waals surface area contributed by atoms with Gasteiger partial charge < -0.3 is 23.0 Å². The molecule has 2 fully saturated rings. The SMILES string of the molecule is O.[CH2-]C.[NH-][C@@H]1[C@H](Cc2cccc(-c3cc(Cl)ccc3F)c2F)N(C(=O)C2CC2)CC1(F)F.[Os+4]. The zero-order valence-corrected chi connectivity index (χ0v) is 21.1. The summed E-state index contributed by atoms with van der Waals surface area (Å²) >= 11 is 5.89. The Labute approximate surface area is 208 Å². The molecule has 1 saturated carbocycles. The molecule has 1 aliphatic carbocycles. The second kappa shape index (κ2) is 11.7. The minimum Gasteiger partial charge on any atom is -0.668 e. The fraction of sp³-hybridized carbons (Fsp3) is 0.391. The van der Waals surface area contributed by atoms with E-state index in [1.807, 2.05) is 0 Å². The van der Waals surface area contributed by atoms with Crippen molar-refractivity contribution in [1.82, 2.24) is 4.90 Å². The minimum absolute atomic E-state index is 0. The molecule has 10 heteroatoms. The van der Waals surface area contributed by atoms with Gasteiger partial charge >= 0.3 is 19.8 Å². The molecule has 2 atom stereocenters. The Morgan fingerprint density at radius 2 is 1.82 bits per heavy atom. The molecule has 1 heterocycles. The largest absolute Gasteiger partial charge is 4.00 e. The summed E-state index contributed by atoms with van der Waals surface area (Å²) in [6.07, 6.45) is 1.05. The van der Waals surface area contributed by atoms with E-state index in [4.69, 9.17) is 17.3 Å². The molecule has 0 aromatic heterocycles. The standard InChI is InChI=1S/C21H18ClF4N2O.C2H5.H2O.Os/c22-13-6-7-16(23)15(9-13)14-3-1-2-12(18(14)24)8-17-19(27)21(25,26)10-28(17)20(29)11-4-5-11;1-2;;/h1-3,6-7,9,11,17,19,27H,4-5,8,10H2;1H2,2H3;1H2;/q2*-1;;+4/t17-,19+;;;/m0.../s1. The second-order valence-electron chi connectivity index (χ2n) is 7.65. The molecule has 1 saturated heterocycles. The Balaban J connectivity index is 0.00000133. The number of nitrogens with one attached hydrogen (secondary N) is 1. The molecule has 33 heavy (non-hydrogen) atoms. The first kappa shape index (κ1) is 29.5. The Morgan fingerprint density at radius 1 is 1.18 bits per heavy atom. The van der Waals surface area contributed by atoms with E-state index in [1.165, 1.54) is 30.3 Å². The van der Waals surface area contributed by atoms with Crippen molar-refractivity contribution in [1.29, 1.82) is 0 Å². The van der Waals surface area contributed by atoms with Gasteiger partial charge in [0.15, 0.2) is 0 Å². The molecular formula is C23H25ClF4N2O2Os+2. The molecule has 180 valence electrons. The van der Waals surface area contributed by atoms with Crippen LogP contribution in [0.1, 0.15) is 25.3 Å². The molecule has 1 aliphatic heterocycles. The number of likely N-dealkylation sites (tertiary alicyclic amines) is 1. The Kier molecular flexibility index (Phi) is 10.5. The normalized spacial score (nSPS) is 20.8. The maximum atomic E-state index is 15.2. The van der Waals surface area contributed by atoms with Gasteiger partial charge in [0.2, 0.25) is 5.91 Å². The van der Waals surface area contributed by atoms with Gasteiger partial charge in [-0.25, -0.2) is 17.6 Å². The number of nitrogens with zero attached hydrogens (tertiary/aromatic N) is 1. The first-order chi connectivity index (χ1) is 14.7. The van der Waals surface area contributed by atoms with Crippen LogP contribution in [0.2, 0.25) is 5.02 Å². The third-order valence-corrected chi connectivity index (χ3v) is 5.79. The van der Waals surface area contributed by atoms with Crippen molar-refractivity contribution in [2.75, 3.05) is 6.54 Å². The van der Waals surface area contributed by atoms with Gasteiger partial charge in [-0.1, -0.05) is 29.8 Å². The Hall–Kier alpha value is -1.52. The average Bonchev–Trinajstić information content (AvgIpc) is 3.56. The Morgan fingerprint density at radius 3 is 2.42 bits per heavy atom. The van der Waals surface area contributed by atoms with E-state index in [-0.39, 0.29) is 59.3 Å². The topological polar surface area (TPSA) is 75.6 Å². The van der Waals surface area contributed by atoms with E-state index < -0.39 is 42.1 Å². The van der Waals surface area contributed by atoms with Gasteiger partial charge in [0.05, 0.1) is 6.54 Å². The fourth-order valence-electron chi connectivity index (χ4n) is 3.81. The summed E-state index contributed by atoms with van der Waals surface area (Å²) in [5, 5.41) is 0.231. The number of hydrogen-bond donors (Lipinski definition) is 0. The zero-order valence-electron chi connectivity index (χ0n) is 17.8. The molecule has 3 N–H and O–H groups in total. The van der Waals surface area contributed by atoms with E-state index in [0.29, 0.717) is 12.8 Å².